The molecular formula is C19H15. The highest BCUT2D eigenvalue weighted by atomic mass is 14.0. The van der Waals surface area contributed by atoms with Crippen molar-refractivity contribution in [3.05, 3.63) is 66.6 Å². The molecule has 0 heteroatoms. The molecule has 0 atom stereocenters. The molecule has 3 aromatic carbocycles. The molecule has 0 bridgehead atoms. The first-order valence-electron chi connectivity index (χ1n) is 6.68. The van der Waals surface area contributed by atoms with Crippen LogP contribution in [0.2, 0.25) is 0 Å². The minimum atomic E-state index is 0.746. The highest BCUT2D eigenvalue weighted by Gasteiger charge is 1.99. The summed E-state index contributed by atoms with van der Waals surface area (Å²) in [6, 6.07) is 19.6. The molecule has 0 nitrogen and oxygen atoms in total. The van der Waals surface area contributed by atoms with Crippen molar-refractivity contribution < 1.29 is 0 Å². The van der Waals surface area contributed by atoms with E-state index in [0.29, 0.717) is 0 Å². The molecule has 0 aromatic heterocycles. The Labute approximate surface area is 114 Å². The zero-order chi connectivity index (χ0) is 13.1. The fourth-order valence-corrected chi connectivity index (χ4v) is 2.53. The summed E-state index contributed by atoms with van der Waals surface area (Å²) in [7, 11) is 0. The summed E-state index contributed by atoms with van der Waals surface area (Å²) < 4.78 is 0. The van der Waals surface area contributed by atoms with Gasteiger partial charge in [0.15, 0.2) is 0 Å². The van der Waals surface area contributed by atoms with Gasteiger partial charge in [0.2, 0.25) is 0 Å². The minimum absolute atomic E-state index is 0.746. The molecule has 91 valence electrons. The Morgan fingerprint density at radius 3 is 2.21 bits per heavy atom. The normalized spacial score (nSPS) is 10.7. The number of hydrogen-bond donors (Lipinski definition) is 0. The molecule has 0 unspecified atom stereocenters. The minimum Gasteiger partial charge on any atom is -0.0891 e. The lowest BCUT2D eigenvalue weighted by molar-refractivity contribution is 0.859. The molecule has 0 amide bonds. The van der Waals surface area contributed by atoms with Crippen molar-refractivity contribution in [3.8, 4) is 5.92 Å². The summed E-state index contributed by atoms with van der Waals surface area (Å²) in [5.41, 5.74) is 1.35. The van der Waals surface area contributed by atoms with Crippen LogP contribution in [0.3, 0.4) is 0 Å². The van der Waals surface area contributed by atoms with Gasteiger partial charge in [-0.15, -0.1) is 0 Å². The maximum atomic E-state index is 6.94. The predicted octanol–water partition coefficient (Wildman–Crippen LogP) is 4.91. The van der Waals surface area contributed by atoms with Gasteiger partial charge in [-0.3, -0.25) is 0 Å². The second-order valence-corrected chi connectivity index (χ2v) is 4.91. The van der Waals surface area contributed by atoms with Crippen LogP contribution in [0.4, 0.5) is 0 Å². The Kier molecular flexibility index (Phi) is 3.21. The fourth-order valence-electron chi connectivity index (χ4n) is 2.53. The molecule has 0 aliphatic heterocycles. The number of rotatable bonds is 3. The second kappa shape index (κ2) is 5.16. The Balaban J connectivity index is 2.02. The lowest BCUT2D eigenvalue weighted by Crippen LogP contribution is -1.85. The molecule has 0 saturated carbocycles. The number of unbranched alkanes of at least 4 members (excludes halogenated alkanes) is 1. The van der Waals surface area contributed by atoms with E-state index < -0.39 is 0 Å². The summed E-state index contributed by atoms with van der Waals surface area (Å²) in [6.45, 7) is 0. The average molecular weight is 243 g/mol. The Hall–Kier alpha value is -2.26. The molecule has 3 aromatic rings. The molecule has 19 heavy (non-hydrogen) atoms. The van der Waals surface area contributed by atoms with Crippen molar-refractivity contribution in [2.75, 3.05) is 0 Å². The molecular weight excluding hydrogens is 228 g/mol. The van der Waals surface area contributed by atoms with Crippen LogP contribution in [-0.4, -0.2) is 0 Å². The van der Waals surface area contributed by atoms with Crippen LogP contribution in [0, 0.1) is 12.3 Å². The Bertz CT molecular complexity index is 760. The van der Waals surface area contributed by atoms with Gasteiger partial charge in [0.25, 0.3) is 0 Å². The van der Waals surface area contributed by atoms with Gasteiger partial charge < -0.3 is 0 Å². The summed E-state index contributed by atoms with van der Waals surface area (Å²) in [6.07, 6.45) is 9.71. The molecule has 0 fully saturated rings. The van der Waals surface area contributed by atoms with E-state index in [0.717, 1.165) is 19.3 Å². The standard InChI is InChI=1S/C19H15/c1-2-3-4-7-15-10-11-18-13-16-8-5-6-9-17(16)14-19(18)12-15/h5-6,8-14H,3-4,7H2. The topological polar surface area (TPSA) is 0 Å². The van der Waals surface area contributed by atoms with Gasteiger partial charge in [-0.05, 0) is 58.5 Å². The van der Waals surface area contributed by atoms with Crippen LogP contribution >= 0.6 is 0 Å². The molecule has 0 spiro atoms. The van der Waals surface area contributed by atoms with Gasteiger partial charge in [0, 0.05) is 6.42 Å². The van der Waals surface area contributed by atoms with Crippen molar-refractivity contribution in [1.82, 2.24) is 0 Å². The smallest absolute Gasteiger partial charge is 0.0102 e. The van der Waals surface area contributed by atoms with E-state index in [1.165, 1.54) is 27.1 Å². The molecule has 0 aliphatic rings. The van der Waals surface area contributed by atoms with Crippen LogP contribution in [0.15, 0.2) is 54.6 Å². The van der Waals surface area contributed by atoms with E-state index in [9.17, 15) is 0 Å². The third kappa shape index (κ3) is 2.46. The third-order valence-corrected chi connectivity index (χ3v) is 3.54. The van der Waals surface area contributed by atoms with Crippen LogP contribution in [-0.2, 0) is 6.42 Å². The van der Waals surface area contributed by atoms with Gasteiger partial charge in [-0.2, -0.15) is 0 Å². The number of fused-ring (bicyclic) bond motifs is 2. The SMILES string of the molecule is [C]#CCCCc1ccc2cc3ccccc3cc2c1. The van der Waals surface area contributed by atoms with E-state index in [2.05, 4.69) is 60.5 Å². The largest absolute Gasteiger partial charge is 0.0891 e. The predicted molar refractivity (Wildman–Crippen MR) is 81.5 cm³/mol. The lowest BCUT2D eigenvalue weighted by Gasteiger charge is -2.05. The summed E-state index contributed by atoms with van der Waals surface area (Å²) in [5, 5.41) is 5.18. The van der Waals surface area contributed by atoms with E-state index in [1.54, 1.807) is 0 Å². The van der Waals surface area contributed by atoms with Crippen molar-refractivity contribution in [2.45, 2.75) is 19.3 Å². The summed E-state index contributed by atoms with van der Waals surface area (Å²) in [5.74, 6) is 2.45. The van der Waals surface area contributed by atoms with Gasteiger partial charge >= 0.3 is 0 Å². The van der Waals surface area contributed by atoms with E-state index >= 15 is 0 Å². The summed E-state index contributed by atoms with van der Waals surface area (Å²) in [4.78, 5) is 0. The van der Waals surface area contributed by atoms with E-state index in [4.69, 9.17) is 6.42 Å². The monoisotopic (exact) mass is 243 g/mol. The first kappa shape index (κ1) is 11.8. The first-order chi connectivity index (χ1) is 9.36. The van der Waals surface area contributed by atoms with E-state index in [-0.39, 0.29) is 0 Å². The maximum Gasteiger partial charge on any atom is 0.0102 e. The third-order valence-electron chi connectivity index (χ3n) is 3.54. The van der Waals surface area contributed by atoms with E-state index in [1.807, 2.05) is 0 Å². The van der Waals surface area contributed by atoms with Crippen molar-refractivity contribution in [2.24, 2.45) is 0 Å². The zero-order valence-corrected chi connectivity index (χ0v) is 10.8. The zero-order valence-electron chi connectivity index (χ0n) is 10.8. The van der Waals surface area contributed by atoms with Gasteiger partial charge in [0.05, 0.1) is 0 Å². The van der Waals surface area contributed by atoms with Crippen molar-refractivity contribution in [1.29, 1.82) is 0 Å². The van der Waals surface area contributed by atoms with Crippen molar-refractivity contribution in [3.63, 3.8) is 0 Å². The number of hydrogen-bond acceptors (Lipinski definition) is 0. The molecule has 0 saturated heterocycles. The second-order valence-electron chi connectivity index (χ2n) is 4.91. The maximum absolute atomic E-state index is 6.94. The van der Waals surface area contributed by atoms with Gasteiger partial charge in [0.1, 0.15) is 0 Å². The molecule has 0 N–H and O–H groups in total. The average Bonchev–Trinajstić information content (AvgIpc) is 2.45. The van der Waals surface area contributed by atoms with Crippen LogP contribution < -0.4 is 0 Å². The highest BCUT2D eigenvalue weighted by Crippen LogP contribution is 2.24. The van der Waals surface area contributed by atoms with Gasteiger partial charge in [-0.1, -0.05) is 48.4 Å². The molecule has 1 radical (unpaired) electrons. The highest BCUT2D eigenvalue weighted by molar-refractivity contribution is 5.98. The lowest BCUT2D eigenvalue weighted by atomic mass is 10.00. The number of aryl methyl sites for hydroxylation is 1. The van der Waals surface area contributed by atoms with Gasteiger partial charge in [-0.25, -0.2) is 0 Å². The molecule has 3 rings (SSSR count). The quantitative estimate of drug-likeness (QED) is 0.348. The van der Waals surface area contributed by atoms with Crippen LogP contribution in [0.25, 0.3) is 21.5 Å². The fraction of sp³-hybridized carbons (Fsp3) is 0.158. The van der Waals surface area contributed by atoms with Crippen LogP contribution in [0.1, 0.15) is 18.4 Å². The molecule has 0 aliphatic carbocycles. The number of benzene rings is 3. The van der Waals surface area contributed by atoms with Crippen LogP contribution in [0.5, 0.6) is 0 Å². The first-order valence-corrected chi connectivity index (χ1v) is 6.68. The van der Waals surface area contributed by atoms with Crippen molar-refractivity contribution >= 4 is 21.5 Å². The molecule has 0 heterocycles. The Morgan fingerprint density at radius 2 is 1.47 bits per heavy atom. The Morgan fingerprint density at radius 1 is 0.789 bits per heavy atom. The summed E-state index contributed by atoms with van der Waals surface area (Å²) >= 11 is 0.